The number of nitrogens with one attached hydrogen (secondary N) is 1. The third kappa shape index (κ3) is 3.22. The summed E-state index contributed by atoms with van der Waals surface area (Å²) in [5.41, 5.74) is 0.634. The van der Waals surface area contributed by atoms with Crippen LogP contribution in [-0.2, 0) is 0 Å². The molecule has 0 aromatic carbocycles. The van der Waals surface area contributed by atoms with Gasteiger partial charge in [-0.3, -0.25) is 9.59 Å². The average Bonchev–Trinajstić information content (AvgIpc) is 3.05. The summed E-state index contributed by atoms with van der Waals surface area (Å²) in [4.78, 5) is 26.5. The molecule has 2 rings (SSSR count). The first-order chi connectivity index (χ1) is 9.13. The third-order valence-corrected chi connectivity index (χ3v) is 4.34. The quantitative estimate of drug-likeness (QED) is 0.841. The smallest absolute Gasteiger partial charge is 0.264 e. The Morgan fingerprint density at radius 1 is 1.53 bits per heavy atom. The summed E-state index contributed by atoms with van der Waals surface area (Å²) in [6, 6.07) is 2.01. The average molecular weight is 280 g/mol. The van der Waals surface area contributed by atoms with Gasteiger partial charge in [-0.15, -0.1) is 11.3 Å². The SMILES string of the molecule is CCCN(C(=O)c1cc(C(C)=O)cs1)C1CCNC1. The summed E-state index contributed by atoms with van der Waals surface area (Å²) in [6.45, 7) is 6.23. The van der Waals surface area contributed by atoms with Crippen LogP contribution in [0.5, 0.6) is 0 Å². The molecule has 1 unspecified atom stereocenters. The summed E-state index contributed by atoms with van der Waals surface area (Å²) in [5, 5.41) is 5.07. The molecular weight excluding hydrogens is 260 g/mol. The lowest BCUT2D eigenvalue weighted by atomic mass is 10.2. The second kappa shape index (κ2) is 6.30. The van der Waals surface area contributed by atoms with Crippen molar-refractivity contribution in [3.8, 4) is 0 Å². The van der Waals surface area contributed by atoms with Crippen LogP contribution in [0.4, 0.5) is 0 Å². The Balaban J connectivity index is 2.15. The highest BCUT2D eigenvalue weighted by Gasteiger charge is 2.27. The van der Waals surface area contributed by atoms with Crippen molar-refractivity contribution in [2.75, 3.05) is 19.6 Å². The maximum Gasteiger partial charge on any atom is 0.264 e. The van der Waals surface area contributed by atoms with Crippen LogP contribution >= 0.6 is 11.3 Å². The first kappa shape index (κ1) is 14.2. The van der Waals surface area contributed by atoms with Gasteiger partial charge < -0.3 is 10.2 Å². The Morgan fingerprint density at radius 2 is 2.32 bits per heavy atom. The van der Waals surface area contributed by atoms with Gasteiger partial charge in [0.2, 0.25) is 0 Å². The van der Waals surface area contributed by atoms with Gasteiger partial charge in [0.1, 0.15) is 0 Å². The highest BCUT2D eigenvalue weighted by Crippen LogP contribution is 2.20. The molecule has 1 aromatic heterocycles. The number of hydrogen-bond acceptors (Lipinski definition) is 4. The molecule has 1 aliphatic rings. The topological polar surface area (TPSA) is 49.4 Å². The Labute approximate surface area is 117 Å². The van der Waals surface area contributed by atoms with Crippen molar-refractivity contribution < 1.29 is 9.59 Å². The molecule has 0 radical (unpaired) electrons. The molecule has 4 nitrogen and oxygen atoms in total. The van der Waals surface area contributed by atoms with Gasteiger partial charge in [-0.1, -0.05) is 6.92 Å². The highest BCUT2D eigenvalue weighted by molar-refractivity contribution is 7.12. The fourth-order valence-electron chi connectivity index (χ4n) is 2.37. The van der Waals surface area contributed by atoms with Crippen LogP contribution in [-0.4, -0.2) is 42.3 Å². The molecule has 2 heterocycles. The maximum absolute atomic E-state index is 12.6. The van der Waals surface area contributed by atoms with Gasteiger partial charge in [-0.05, 0) is 32.4 Å². The fourth-order valence-corrected chi connectivity index (χ4v) is 3.27. The zero-order valence-electron chi connectivity index (χ0n) is 11.4. The molecule has 1 saturated heterocycles. The molecule has 1 aromatic rings. The van der Waals surface area contributed by atoms with Crippen molar-refractivity contribution in [3.63, 3.8) is 0 Å². The van der Waals surface area contributed by atoms with Crippen LogP contribution in [0.25, 0.3) is 0 Å². The standard InChI is InChI=1S/C14H20N2O2S/c1-3-6-16(12-4-5-15-8-12)14(18)13-7-11(9-19-13)10(2)17/h7,9,12,15H,3-6,8H2,1-2H3. The predicted octanol–water partition coefficient (Wildman–Crippen LogP) is 2.16. The lowest BCUT2D eigenvalue weighted by Crippen LogP contribution is -2.41. The van der Waals surface area contributed by atoms with Gasteiger partial charge in [0.15, 0.2) is 5.78 Å². The minimum atomic E-state index is 0.0138. The molecule has 0 spiro atoms. The minimum Gasteiger partial charge on any atom is -0.334 e. The van der Waals surface area contributed by atoms with E-state index in [0.717, 1.165) is 32.5 Å². The molecule has 1 amide bonds. The predicted molar refractivity (Wildman–Crippen MR) is 76.9 cm³/mol. The largest absolute Gasteiger partial charge is 0.334 e. The Kier molecular flexibility index (Phi) is 4.71. The normalized spacial score (nSPS) is 18.5. The first-order valence-electron chi connectivity index (χ1n) is 6.74. The second-order valence-electron chi connectivity index (χ2n) is 4.90. The van der Waals surface area contributed by atoms with Gasteiger partial charge in [0.25, 0.3) is 5.91 Å². The van der Waals surface area contributed by atoms with E-state index in [2.05, 4.69) is 12.2 Å². The van der Waals surface area contributed by atoms with Crippen LogP contribution in [0.3, 0.4) is 0 Å². The maximum atomic E-state index is 12.6. The highest BCUT2D eigenvalue weighted by atomic mass is 32.1. The molecule has 1 atom stereocenters. The van der Waals surface area contributed by atoms with Crippen LogP contribution < -0.4 is 5.32 Å². The van der Waals surface area contributed by atoms with Gasteiger partial charge in [0.05, 0.1) is 4.88 Å². The summed E-state index contributed by atoms with van der Waals surface area (Å²) < 4.78 is 0. The van der Waals surface area contributed by atoms with Crippen molar-refractivity contribution in [2.45, 2.75) is 32.7 Å². The number of nitrogens with zero attached hydrogens (tertiary/aromatic N) is 1. The van der Waals surface area contributed by atoms with Crippen molar-refractivity contribution in [1.29, 1.82) is 0 Å². The van der Waals surface area contributed by atoms with E-state index in [4.69, 9.17) is 0 Å². The van der Waals surface area contributed by atoms with Crippen LogP contribution in [0.2, 0.25) is 0 Å². The number of ketones is 1. The molecule has 0 aliphatic carbocycles. The van der Waals surface area contributed by atoms with Crippen molar-refractivity contribution in [2.24, 2.45) is 0 Å². The number of rotatable bonds is 5. The number of Topliss-reactive ketones (excluding diaryl/α,β-unsaturated/α-hetero) is 1. The van der Waals surface area contributed by atoms with E-state index >= 15 is 0 Å². The lowest BCUT2D eigenvalue weighted by Gasteiger charge is -2.27. The number of amides is 1. The van der Waals surface area contributed by atoms with E-state index in [9.17, 15) is 9.59 Å². The van der Waals surface area contributed by atoms with E-state index in [1.54, 1.807) is 11.4 Å². The van der Waals surface area contributed by atoms with Gasteiger partial charge in [0, 0.05) is 30.1 Å². The molecule has 0 bridgehead atoms. The number of carbonyl (C=O) groups excluding carboxylic acids is 2. The molecule has 5 heteroatoms. The molecule has 1 fully saturated rings. The van der Waals surface area contributed by atoms with E-state index in [0.29, 0.717) is 10.4 Å². The molecule has 1 aliphatic heterocycles. The molecule has 19 heavy (non-hydrogen) atoms. The summed E-state index contributed by atoms with van der Waals surface area (Å²) >= 11 is 1.37. The second-order valence-corrected chi connectivity index (χ2v) is 5.81. The van der Waals surface area contributed by atoms with Crippen molar-refractivity contribution in [1.82, 2.24) is 10.2 Å². The summed E-state index contributed by atoms with van der Waals surface area (Å²) in [7, 11) is 0. The van der Waals surface area contributed by atoms with Gasteiger partial charge >= 0.3 is 0 Å². The lowest BCUT2D eigenvalue weighted by molar-refractivity contribution is 0.0697. The molecule has 104 valence electrons. The van der Waals surface area contributed by atoms with Crippen LogP contribution in [0.15, 0.2) is 11.4 Å². The molecular formula is C14H20N2O2S. The van der Waals surface area contributed by atoms with E-state index in [1.165, 1.54) is 18.3 Å². The Morgan fingerprint density at radius 3 is 2.84 bits per heavy atom. The third-order valence-electron chi connectivity index (χ3n) is 3.42. The Bertz CT molecular complexity index is 464. The van der Waals surface area contributed by atoms with Gasteiger partial charge in [-0.25, -0.2) is 0 Å². The van der Waals surface area contributed by atoms with Crippen LogP contribution in [0.1, 0.15) is 46.7 Å². The molecule has 0 saturated carbocycles. The van der Waals surface area contributed by atoms with Crippen LogP contribution in [0, 0.1) is 0 Å². The number of carbonyl (C=O) groups is 2. The fraction of sp³-hybridized carbons (Fsp3) is 0.571. The summed E-state index contributed by atoms with van der Waals surface area (Å²) in [5.74, 6) is 0.0768. The monoisotopic (exact) mass is 280 g/mol. The minimum absolute atomic E-state index is 0.0138. The zero-order valence-corrected chi connectivity index (χ0v) is 12.3. The Hall–Kier alpha value is -1.20. The van der Waals surface area contributed by atoms with E-state index in [1.807, 2.05) is 4.90 Å². The van der Waals surface area contributed by atoms with Crippen molar-refractivity contribution >= 4 is 23.0 Å². The van der Waals surface area contributed by atoms with Crippen molar-refractivity contribution in [3.05, 3.63) is 21.9 Å². The first-order valence-corrected chi connectivity index (χ1v) is 7.62. The van der Waals surface area contributed by atoms with E-state index in [-0.39, 0.29) is 17.7 Å². The number of hydrogen-bond donors (Lipinski definition) is 1. The van der Waals surface area contributed by atoms with E-state index < -0.39 is 0 Å². The molecule has 1 N–H and O–H groups in total. The summed E-state index contributed by atoms with van der Waals surface area (Å²) in [6.07, 6.45) is 1.96. The zero-order chi connectivity index (χ0) is 13.8. The van der Waals surface area contributed by atoms with Gasteiger partial charge in [-0.2, -0.15) is 0 Å². The number of thiophene rings is 1.